The number of ether oxygens (including phenoxy) is 2. The second-order valence-electron chi connectivity index (χ2n) is 7.27. The molecule has 2 rings (SSSR count). The Morgan fingerprint density at radius 3 is 2.38 bits per heavy atom. The second kappa shape index (κ2) is 7.40. The summed E-state index contributed by atoms with van der Waals surface area (Å²) in [5.74, 6) is 0.374. The molecule has 1 spiro atoms. The molecule has 1 saturated carbocycles. The van der Waals surface area contributed by atoms with Crippen molar-refractivity contribution in [3.8, 4) is 0 Å². The highest BCUT2D eigenvalue weighted by atomic mass is 16.7. The van der Waals surface area contributed by atoms with Gasteiger partial charge in [-0.3, -0.25) is 4.90 Å². The predicted octanol–water partition coefficient (Wildman–Crippen LogP) is 2.63. The van der Waals surface area contributed by atoms with Crippen molar-refractivity contribution in [3.05, 3.63) is 0 Å². The van der Waals surface area contributed by atoms with E-state index >= 15 is 0 Å². The lowest BCUT2D eigenvalue weighted by molar-refractivity contribution is -0.195. The van der Waals surface area contributed by atoms with Crippen LogP contribution in [0.4, 0.5) is 0 Å². The molecule has 21 heavy (non-hydrogen) atoms. The van der Waals surface area contributed by atoms with Gasteiger partial charge in [-0.2, -0.15) is 0 Å². The van der Waals surface area contributed by atoms with Crippen LogP contribution in [0, 0.1) is 5.92 Å². The van der Waals surface area contributed by atoms with E-state index in [2.05, 4.69) is 44.8 Å². The van der Waals surface area contributed by atoms with Crippen LogP contribution in [0.2, 0.25) is 0 Å². The topological polar surface area (TPSA) is 33.7 Å². The Bertz CT molecular complexity index is 314. The molecule has 0 bridgehead atoms. The number of nitrogens with one attached hydrogen (secondary N) is 1. The zero-order chi connectivity index (χ0) is 15.5. The average Bonchev–Trinajstić information content (AvgIpc) is 2.86. The fourth-order valence-electron chi connectivity index (χ4n) is 3.89. The molecule has 1 aliphatic carbocycles. The summed E-state index contributed by atoms with van der Waals surface area (Å²) in [5.41, 5.74) is 0. The molecular weight excluding hydrogens is 264 g/mol. The molecule has 4 heteroatoms. The average molecular weight is 298 g/mol. The van der Waals surface area contributed by atoms with Gasteiger partial charge in [-0.15, -0.1) is 0 Å². The standard InChI is InChI=1S/C17H34N2O2/c1-6-18-15-7-8-17(20-9-10-21-17)11-16(15)19(14(4)5)12-13(2)3/h13-16,18H,6-12H2,1-5H3. The third kappa shape index (κ3) is 4.19. The van der Waals surface area contributed by atoms with Crippen molar-refractivity contribution >= 4 is 0 Å². The highest BCUT2D eigenvalue weighted by Crippen LogP contribution is 2.38. The van der Waals surface area contributed by atoms with Gasteiger partial charge in [0.15, 0.2) is 5.79 Å². The van der Waals surface area contributed by atoms with E-state index in [1.807, 2.05) is 0 Å². The molecule has 2 fully saturated rings. The molecule has 1 heterocycles. The van der Waals surface area contributed by atoms with E-state index in [-0.39, 0.29) is 5.79 Å². The van der Waals surface area contributed by atoms with Crippen molar-refractivity contribution in [1.29, 1.82) is 0 Å². The Balaban J connectivity index is 2.14. The SMILES string of the molecule is CCNC1CCC2(CC1N(CC(C)C)C(C)C)OCCO2. The van der Waals surface area contributed by atoms with E-state index in [9.17, 15) is 0 Å². The highest BCUT2D eigenvalue weighted by molar-refractivity contribution is 4.97. The molecule has 2 aliphatic rings. The third-order valence-electron chi connectivity index (χ3n) is 4.77. The molecule has 0 aromatic heterocycles. The van der Waals surface area contributed by atoms with Crippen LogP contribution in [0.15, 0.2) is 0 Å². The van der Waals surface area contributed by atoms with E-state index in [0.29, 0.717) is 24.0 Å². The number of likely N-dealkylation sites (N-methyl/N-ethyl adjacent to an activating group) is 1. The van der Waals surface area contributed by atoms with Crippen molar-refractivity contribution in [1.82, 2.24) is 10.2 Å². The molecule has 0 aromatic carbocycles. The second-order valence-corrected chi connectivity index (χ2v) is 7.27. The van der Waals surface area contributed by atoms with Crippen LogP contribution in [-0.2, 0) is 9.47 Å². The Labute approximate surface area is 130 Å². The summed E-state index contributed by atoms with van der Waals surface area (Å²) >= 11 is 0. The maximum atomic E-state index is 6.00. The van der Waals surface area contributed by atoms with Crippen molar-refractivity contribution in [2.24, 2.45) is 5.92 Å². The summed E-state index contributed by atoms with van der Waals surface area (Å²) < 4.78 is 12.0. The van der Waals surface area contributed by atoms with Crippen LogP contribution in [-0.4, -0.2) is 55.1 Å². The van der Waals surface area contributed by atoms with Gasteiger partial charge in [0.05, 0.1) is 13.2 Å². The molecule has 0 amide bonds. The summed E-state index contributed by atoms with van der Waals surface area (Å²) in [5, 5.41) is 3.70. The highest BCUT2D eigenvalue weighted by Gasteiger charge is 2.47. The normalized spacial score (nSPS) is 29.1. The van der Waals surface area contributed by atoms with Gasteiger partial charge in [0, 0.05) is 37.5 Å². The zero-order valence-electron chi connectivity index (χ0n) is 14.5. The van der Waals surface area contributed by atoms with Gasteiger partial charge in [0.25, 0.3) is 0 Å². The maximum Gasteiger partial charge on any atom is 0.170 e. The maximum absolute atomic E-state index is 6.00. The number of rotatable bonds is 6. The number of hydrogen-bond donors (Lipinski definition) is 1. The lowest BCUT2D eigenvalue weighted by Gasteiger charge is -2.48. The van der Waals surface area contributed by atoms with E-state index in [0.717, 1.165) is 45.6 Å². The summed E-state index contributed by atoms with van der Waals surface area (Å²) in [6.07, 6.45) is 3.16. The first-order valence-corrected chi connectivity index (χ1v) is 8.74. The minimum absolute atomic E-state index is 0.305. The van der Waals surface area contributed by atoms with Crippen molar-refractivity contribution in [2.75, 3.05) is 26.3 Å². The van der Waals surface area contributed by atoms with Gasteiger partial charge in [-0.05, 0) is 32.7 Å². The van der Waals surface area contributed by atoms with Crippen LogP contribution in [0.3, 0.4) is 0 Å². The molecule has 1 aliphatic heterocycles. The molecule has 4 nitrogen and oxygen atoms in total. The summed E-state index contributed by atoms with van der Waals surface area (Å²) in [6, 6.07) is 1.60. The first-order valence-electron chi connectivity index (χ1n) is 8.74. The number of hydrogen-bond acceptors (Lipinski definition) is 4. The number of nitrogens with zero attached hydrogens (tertiary/aromatic N) is 1. The summed E-state index contributed by atoms with van der Waals surface area (Å²) in [6.45, 7) is 15.1. The fraction of sp³-hybridized carbons (Fsp3) is 1.00. The van der Waals surface area contributed by atoms with Crippen molar-refractivity contribution in [2.45, 2.75) is 77.8 Å². The zero-order valence-corrected chi connectivity index (χ0v) is 14.5. The minimum atomic E-state index is -0.305. The van der Waals surface area contributed by atoms with E-state index < -0.39 is 0 Å². The summed E-state index contributed by atoms with van der Waals surface area (Å²) in [7, 11) is 0. The molecule has 1 N–H and O–H groups in total. The molecule has 0 aromatic rings. The molecule has 2 atom stereocenters. The minimum Gasteiger partial charge on any atom is -0.347 e. The Morgan fingerprint density at radius 2 is 1.86 bits per heavy atom. The lowest BCUT2D eigenvalue weighted by atomic mass is 9.83. The van der Waals surface area contributed by atoms with Gasteiger partial charge in [0.2, 0.25) is 0 Å². The Morgan fingerprint density at radius 1 is 1.19 bits per heavy atom. The quantitative estimate of drug-likeness (QED) is 0.817. The summed E-state index contributed by atoms with van der Waals surface area (Å²) in [4.78, 5) is 2.66. The van der Waals surface area contributed by atoms with E-state index in [4.69, 9.17) is 9.47 Å². The fourth-order valence-corrected chi connectivity index (χ4v) is 3.89. The Kier molecular flexibility index (Phi) is 6.06. The molecule has 1 saturated heterocycles. The van der Waals surface area contributed by atoms with Crippen LogP contribution >= 0.6 is 0 Å². The van der Waals surface area contributed by atoms with Gasteiger partial charge in [-0.1, -0.05) is 20.8 Å². The van der Waals surface area contributed by atoms with E-state index in [1.54, 1.807) is 0 Å². The molecule has 0 radical (unpaired) electrons. The molecule has 2 unspecified atom stereocenters. The lowest BCUT2D eigenvalue weighted by Crippen LogP contribution is -2.59. The smallest absolute Gasteiger partial charge is 0.170 e. The molecular formula is C17H34N2O2. The molecule has 124 valence electrons. The predicted molar refractivity (Wildman–Crippen MR) is 86.4 cm³/mol. The monoisotopic (exact) mass is 298 g/mol. The first kappa shape index (κ1) is 17.2. The van der Waals surface area contributed by atoms with Crippen molar-refractivity contribution < 1.29 is 9.47 Å². The first-order chi connectivity index (χ1) is 9.97. The largest absolute Gasteiger partial charge is 0.347 e. The van der Waals surface area contributed by atoms with Crippen molar-refractivity contribution in [3.63, 3.8) is 0 Å². The van der Waals surface area contributed by atoms with Gasteiger partial charge in [0.1, 0.15) is 0 Å². The van der Waals surface area contributed by atoms with E-state index in [1.165, 1.54) is 0 Å². The van der Waals surface area contributed by atoms with Crippen LogP contribution in [0.1, 0.15) is 53.9 Å². The van der Waals surface area contributed by atoms with Crippen LogP contribution < -0.4 is 5.32 Å². The van der Waals surface area contributed by atoms with Crippen LogP contribution in [0.5, 0.6) is 0 Å². The van der Waals surface area contributed by atoms with Crippen LogP contribution in [0.25, 0.3) is 0 Å². The van der Waals surface area contributed by atoms with Gasteiger partial charge < -0.3 is 14.8 Å². The Hall–Kier alpha value is -0.160. The third-order valence-corrected chi connectivity index (χ3v) is 4.77. The van der Waals surface area contributed by atoms with Gasteiger partial charge in [-0.25, -0.2) is 0 Å². The van der Waals surface area contributed by atoms with Gasteiger partial charge >= 0.3 is 0 Å².